The van der Waals surface area contributed by atoms with Crippen LogP contribution in [0, 0.1) is 0 Å². The summed E-state index contributed by atoms with van der Waals surface area (Å²) in [5.41, 5.74) is 2.23. The summed E-state index contributed by atoms with van der Waals surface area (Å²) in [5.74, 6) is 1.07. The van der Waals surface area contributed by atoms with Crippen molar-refractivity contribution in [2.75, 3.05) is 13.7 Å². The van der Waals surface area contributed by atoms with Gasteiger partial charge in [-0.25, -0.2) is 4.98 Å². The van der Waals surface area contributed by atoms with Gasteiger partial charge in [-0.05, 0) is 12.1 Å². The Hall–Kier alpha value is -1.39. The summed E-state index contributed by atoms with van der Waals surface area (Å²) in [4.78, 5) is 4.68. The molecule has 1 aromatic heterocycles. The van der Waals surface area contributed by atoms with Gasteiger partial charge in [-0.15, -0.1) is 0 Å². The minimum atomic E-state index is 0.459. The third-order valence-electron chi connectivity index (χ3n) is 2.92. The first-order valence-electron chi connectivity index (χ1n) is 6.39. The molecule has 0 unspecified atom stereocenters. The van der Waals surface area contributed by atoms with Gasteiger partial charge in [0, 0.05) is 19.7 Å². The number of hydrogen-bond acceptors (Lipinski definition) is 3. The molecule has 0 spiro atoms. The Morgan fingerprint density at radius 2 is 2.11 bits per heavy atom. The number of ether oxygens (including phenoxy) is 1. The molecule has 0 fully saturated rings. The van der Waals surface area contributed by atoms with Crippen molar-refractivity contribution in [3.05, 3.63) is 30.1 Å². The highest BCUT2D eigenvalue weighted by Gasteiger charge is 2.09. The van der Waals surface area contributed by atoms with Crippen LogP contribution in [-0.2, 0) is 17.8 Å². The molecule has 2 aromatic rings. The molecule has 1 heterocycles. The summed E-state index contributed by atoms with van der Waals surface area (Å²) in [6.07, 6.45) is 0. The number of para-hydroxylation sites is 2. The van der Waals surface area contributed by atoms with E-state index in [4.69, 9.17) is 4.74 Å². The van der Waals surface area contributed by atoms with Crippen LogP contribution in [-0.4, -0.2) is 29.3 Å². The average Bonchev–Trinajstić information content (AvgIpc) is 2.71. The zero-order valence-electron chi connectivity index (χ0n) is 11.3. The third-order valence-corrected chi connectivity index (χ3v) is 2.92. The zero-order chi connectivity index (χ0) is 13.0. The fourth-order valence-corrected chi connectivity index (χ4v) is 1.99. The molecule has 0 amide bonds. The van der Waals surface area contributed by atoms with Gasteiger partial charge in [-0.3, -0.25) is 0 Å². The van der Waals surface area contributed by atoms with E-state index in [2.05, 4.69) is 40.8 Å². The van der Waals surface area contributed by atoms with Crippen molar-refractivity contribution < 1.29 is 4.74 Å². The van der Waals surface area contributed by atoms with Gasteiger partial charge in [-0.1, -0.05) is 26.0 Å². The molecule has 1 N–H and O–H groups in total. The second-order valence-electron chi connectivity index (χ2n) is 4.70. The van der Waals surface area contributed by atoms with Crippen molar-refractivity contribution in [1.82, 2.24) is 14.9 Å². The van der Waals surface area contributed by atoms with Crippen molar-refractivity contribution in [1.29, 1.82) is 0 Å². The second-order valence-corrected chi connectivity index (χ2v) is 4.70. The number of methoxy groups -OCH3 is 1. The number of nitrogens with zero attached hydrogens (tertiary/aromatic N) is 2. The van der Waals surface area contributed by atoms with E-state index in [1.54, 1.807) is 7.11 Å². The van der Waals surface area contributed by atoms with Crippen LogP contribution in [0.5, 0.6) is 0 Å². The number of imidazole rings is 1. The van der Waals surface area contributed by atoms with Crippen LogP contribution in [0.15, 0.2) is 24.3 Å². The SMILES string of the molecule is COCCn1c(CNC(C)C)nc2ccccc21. The van der Waals surface area contributed by atoms with E-state index in [9.17, 15) is 0 Å². The summed E-state index contributed by atoms with van der Waals surface area (Å²) in [6.45, 7) is 6.61. The molecule has 4 heteroatoms. The van der Waals surface area contributed by atoms with Gasteiger partial charge in [0.25, 0.3) is 0 Å². The number of benzene rings is 1. The van der Waals surface area contributed by atoms with E-state index in [0.717, 1.165) is 24.4 Å². The minimum Gasteiger partial charge on any atom is -0.383 e. The average molecular weight is 247 g/mol. The molecule has 0 saturated carbocycles. The summed E-state index contributed by atoms with van der Waals surface area (Å²) in [5, 5.41) is 3.42. The Bertz CT molecular complexity index is 505. The highest BCUT2D eigenvalue weighted by atomic mass is 16.5. The zero-order valence-corrected chi connectivity index (χ0v) is 11.3. The summed E-state index contributed by atoms with van der Waals surface area (Å²) < 4.78 is 7.41. The molecule has 0 bridgehead atoms. The molecule has 0 aliphatic rings. The van der Waals surface area contributed by atoms with Crippen LogP contribution < -0.4 is 5.32 Å². The summed E-state index contributed by atoms with van der Waals surface area (Å²) in [6, 6.07) is 8.69. The quantitative estimate of drug-likeness (QED) is 0.850. The Morgan fingerprint density at radius 1 is 1.33 bits per heavy atom. The van der Waals surface area contributed by atoms with Gasteiger partial charge in [0.2, 0.25) is 0 Å². The van der Waals surface area contributed by atoms with E-state index in [1.807, 2.05) is 12.1 Å². The van der Waals surface area contributed by atoms with Gasteiger partial charge in [0.1, 0.15) is 5.82 Å². The van der Waals surface area contributed by atoms with Crippen LogP contribution in [0.2, 0.25) is 0 Å². The van der Waals surface area contributed by atoms with Crippen LogP contribution >= 0.6 is 0 Å². The lowest BCUT2D eigenvalue weighted by molar-refractivity contribution is 0.187. The summed E-state index contributed by atoms with van der Waals surface area (Å²) >= 11 is 0. The highest BCUT2D eigenvalue weighted by molar-refractivity contribution is 5.75. The largest absolute Gasteiger partial charge is 0.383 e. The Balaban J connectivity index is 2.30. The van der Waals surface area contributed by atoms with E-state index in [1.165, 1.54) is 5.52 Å². The number of aromatic nitrogens is 2. The molecule has 18 heavy (non-hydrogen) atoms. The molecule has 98 valence electrons. The van der Waals surface area contributed by atoms with Crippen molar-refractivity contribution >= 4 is 11.0 Å². The fourth-order valence-electron chi connectivity index (χ4n) is 1.99. The van der Waals surface area contributed by atoms with Gasteiger partial charge in [0.05, 0.1) is 24.2 Å². The van der Waals surface area contributed by atoms with Gasteiger partial charge >= 0.3 is 0 Å². The topological polar surface area (TPSA) is 39.1 Å². The molecule has 1 aromatic carbocycles. The Kier molecular flexibility index (Phi) is 4.33. The molecule has 0 atom stereocenters. The lowest BCUT2D eigenvalue weighted by atomic mass is 10.3. The summed E-state index contributed by atoms with van der Waals surface area (Å²) in [7, 11) is 1.73. The molecule has 0 aliphatic carbocycles. The molecule has 0 radical (unpaired) electrons. The standard InChI is InChI=1S/C14H21N3O/c1-11(2)15-10-14-16-12-6-4-5-7-13(12)17(14)8-9-18-3/h4-7,11,15H,8-10H2,1-3H3. The van der Waals surface area contributed by atoms with Crippen molar-refractivity contribution in [2.45, 2.75) is 33.0 Å². The lowest BCUT2D eigenvalue weighted by Gasteiger charge is -2.11. The van der Waals surface area contributed by atoms with Gasteiger partial charge in [0.15, 0.2) is 0 Å². The predicted octanol–water partition coefficient (Wildman–Crippen LogP) is 2.18. The maximum Gasteiger partial charge on any atom is 0.123 e. The minimum absolute atomic E-state index is 0.459. The molecular formula is C14H21N3O. The Morgan fingerprint density at radius 3 is 2.83 bits per heavy atom. The van der Waals surface area contributed by atoms with Crippen molar-refractivity contribution in [3.63, 3.8) is 0 Å². The first-order chi connectivity index (χ1) is 8.72. The fraction of sp³-hybridized carbons (Fsp3) is 0.500. The molecule has 0 saturated heterocycles. The van der Waals surface area contributed by atoms with E-state index in [0.29, 0.717) is 12.6 Å². The first kappa shape index (κ1) is 13.1. The number of rotatable bonds is 6. The first-order valence-corrected chi connectivity index (χ1v) is 6.39. The number of nitrogens with one attached hydrogen (secondary N) is 1. The van der Waals surface area contributed by atoms with Gasteiger partial charge in [-0.2, -0.15) is 0 Å². The predicted molar refractivity (Wildman–Crippen MR) is 73.6 cm³/mol. The molecule has 2 rings (SSSR count). The maximum absolute atomic E-state index is 5.18. The van der Waals surface area contributed by atoms with Crippen molar-refractivity contribution in [3.8, 4) is 0 Å². The Labute approximate surface area is 108 Å². The van der Waals surface area contributed by atoms with Crippen LogP contribution in [0.25, 0.3) is 11.0 Å². The number of fused-ring (bicyclic) bond motifs is 1. The third kappa shape index (κ3) is 2.89. The second kappa shape index (κ2) is 5.98. The monoisotopic (exact) mass is 247 g/mol. The van der Waals surface area contributed by atoms with Gasteiger partial charge < -0.3 is 14.6 Å². The highest BCUT2D eigenvalue weighted by Crippen LogP contribution is 2.16. The van der Waals surface area contributed by atoms with E-state index < -0.39 is 0 Å². The number of hydrogen-bond donors (Lipinski definition) is 1. The van der Waals surface area contributed by atoms with E-state index >= 15 is 0 Å². The van der Waals surface area contributed by atoms with Crippen LogP contribution in [0.3, 0.4) is 0 Å². The molecular weight excluding hydrogens is 226 g/mol. The lowest BCUT2D eigenvalue weighted by Crippen LogP contribution is -2.24. The maximum atomic E-state index is 5.18. The van der Waals surface area contributed by atoms with Crippen LogP contribution in [0.1, 0.15) is 19.7 Å². The normalized spacial score (nSPS) is 11.6. The van der Waals surface area contributed by atoms with Crippen LogP contribution in [0.4, 0.5) is 0 Å². The molecule has 4 nitrogen and oxygen atoms in total. The molecule has 0 aliphatic heterocycles. The smallest absolute Gasteiger partial charge is 0.123 e. The van der Waals surface area contributed by atoms with Crippen molar-refractivity contribution in [2.24, 2.45) is 0 Å². The van der Waals surface area contributed by atoms with E-state index in [-0.39, 0.29) is 0 Å².